The van der Waals surface area contributed by atoms with E-state index < -0.39 is 0 Å². The van der Waals surface area contributed by atoms with E-state index in [1.807, 2.05) is 24.6 Å². The smallest absolute Gasteiger partial charge is 0.255 e. The Kier molecular flexibility index (Phi) is 4.98. The zero-order chi connectivity index (χ0) is 18.0. The number of carbonyl (C=O) groups excluding carboxylic acids is 2. The van der Waals surface area contributed by atoms with Crippen LogP contribution in [0.4, 0.5) is 0 Å². The maximum atomic E-state index is 12.7. The summed E-state index contributed by atoms with van der Waals surface area (Å²) < 4.78 is 6.71. The summed E-state index contributed by atoms with van der Waals surface area (Å²) in [7, 11) is 1.50. The number of piperazine rings is 1. The average Bonchev–Trinajstić information content (AvgIpc) is 3.05. The number of ether oxygens (including phenoxy) is 1. The summed E-state index contributed by atoms with van der Waals surface area (Å²) in [6, 6.07) is 2.04. The lowest BCUT2D eigenvalue weighted by Gasteiger charge is -2.34. The lowest BCUT2D eigenvalue weighted by Crippen LogP contribution is -2.51. The maximum Gasteiger partial charge on any atom is 0.255 e. The van der Waals surface area contributed by atoms with Gasteiger partial charge in [-0.25, -0.2) is 9.67 Å². The number of hydrogen-bond acceptors (Lipinski definition) is 5. The predicted molar refractivity (Wildman–Crippen MR) is 92.3 cm³/mol. The van der Waals surface area contributed by atoms with Crippen molar-refractivity contribution in [1.82, 2.24) is 24.6 Å². The zero-order valence-corrected chi connectivity index (χ0v) is 14.8. The molecular formula is C17H23N5O3. The Morgan fingerprint density at radius 3 is 2.48 bits per heavy atom. The van der Waals surface area contributed by atoms with E-state index in [2.05, 4.69) is 10.1 Å². The van der Waals surface area contributed by atoms with Crippen molar-refractivity contribution >= 4 is 22.8 Å². The zero-order valence-electron chi connectivity index (χ0n) is 14.8. The van der Waals surface area contributed by atoms with Crippen LogP contribution in [0, 0.1) is 0 Å². The summed E-state index contributed by atoms with van der Waals surface area (Å²) >= 11 is 0. The first-order valence-electron chi connectivity index (χ1n) is 8.40. The molecule has 2 amide bonds. The Morgan fingerprint density at radius 2 is 1.84 bits per heavy atom. The largest absolute Gasteiger partial charge is 0.375 e. The fourth-order valence-corrected chi connectivity index (χ4v) is 2.99. The number of hydrogen-bond donors (Lipinski definition) is 0. The highest BCUT2D eigenvalue weighted by molar-refractivity contribution is 5.97. The standard InChI is InChI=1S/C17H23N5O3/c1-12(2)22-16-13(10-19-22)8-14(9-18-16)17(24)21-6-4-20(5-7-21)15(23)11-25-3/h8-10,12H,4-7,11H2,1-3H3. The monoisotopic (exact) mass is 345 g/mol. The predicted octanol–water partition coefficient (Wildman–Crippen LogP) is 0.943. The van der Waals surface area contributed by atoms with Gasteiger partial charge in [0.2, 0.25) is 5.91 Å². The molecule has 134 valence electrons. The van der Waals surface area contributed by atoms with Crippen molar-refractivity contribution in [3.05, 3.63) is 24.0 Å². The Hall–Kier alpha value is -2.48. The van der Waals surface area contributed by atoms with E-state index >= 15 is 0 Å². The molecule has 0 N–H and O–H groups in total. The molecule has 0 unspecified atom stereocenters. The summed E-state index contributed by atoms with van der Waals surface area (Å²) in [4.78, 5) is 32.4. The van der Waals surface area contributed by atoms with Crippen molar-refractivity contribution in [2.75, 3.05) is 39.9 Å². The molecule has 0 bridgehead atoms. The van der Waals surface area contributed by atoms with Gasteiger partial charge in [-0.2, -0.15) is 5.10 Å². The van der Waals surface area contributed by atoms with Gasteiger partial charge in [0.1, 0.15) is 6.61 Å². The van der Waals surface area contributed by atoms with E-state index in [9.17, 15) is 9.59 Å². The molecule has 1 aliphatic rings. The van der Waals surface area contributed by atoms with Crippen molar-refractivity contribution < 1.29 is 14.3 Å². The number of carbonyl (C=O) groups is 2. The fourth-order valence-electron chi connectivity index (χ4n) is 2.99. The number of fused-ring (bicyclic) bond motifs is 1. The van der Waals surface area contributed by atoms with Crippen molar-refractivity contribution in [3.8, 4) is 0 Å². The minimum atomic E-state index is -0.0643. The highest BCUT2D eigenvalue weighted by Crippen LogP contribution is 2.18. The van der Waals surface area contributed by atoms with Crippen LogP contribution >= 0.6 is 0 Å². The third-order valence-electron chi connectivity index (χ3n) is 4.36. The molecule has 0 aliphatic carbocycles. The van der Waals surface area contributed by atoms with E-state index in [1.54, 1.807) is 22.2 Å². The van der Waals surface area contributed by atoms with Crippen LogP contribution in [0.1, 0.15) is 30.2 Å². The Bertz CT molecular complexity index is 778. The van der Waals surface area contributed by atoms with Gasteiger partial charge in [-0.3, -0.25) is 9.59 Å². The molecule has 1 fully saturated rings. The van der Waals surface area contributed by atoms with Crippen LogP contribution in [0.2, 0.25) is 0 Å². The second-order valence-electron chi connectivity index (χ2n) is 6.43. The normalized spacial score (nSPS) is 15.2. The Labute approximate surface area is 146 Å². The first-order chi connectivity index (χ1) is 12.0. The van der Waals surface area contributed by atoms with Crippen molar-refractivity contribution in [3.63, 3.8) is 0 Å². The molecule has 0 spiro atoms. The van der Waals surface area contributed by atoms with Crippen LogP contribution in [0.25, 0.3) is 11.0 Å². The van der Waals surface area contributed by atoms with Gasteiger partial charge in [0.15, 0.2) is 5.65 Å². The lowest BCUT2D eigenvalue weighted by molar-refractivity contribution is -0.136. The van der Waals surface area contributed by atoms with E-state index in [1.165, 1.54) is 7.11 Å². The summed E-state index contributed by atoms with van der Waals surface area (Å²) in [6.07, 6.45) is 3.34. The van der Waals surface area contributed by atoms with Crippen LogP contribution in [0.15, 0.2) is 18.5 Å². The molecule has 1 saturated heterocycles. The van der Waals surface area contributed by atoms with Gasteiger partial charge in [-0.05, 0) is 19.9 Å². The number of pyridine rings is 1. The molecule has 3 heterocycles. The third-order valence-corrected chi connectivity index (χ3v) is 4.36. The average molecular weight is 345 g/mol. The van der Waals surface area contributed by atoms with Gasteiger partial charge in [0.05, 0.1) is 11.8 Å². The topological polar surface area (TPSA) is 80.6 Å². The molecule has 0 atom stereocenters. The molecule has 0 saturated carbocycles. The molecular weight excluding hydrogens is 322 g/mol. The molecule has 8 nitrogen and oxygen atoms in total. The van der Waals surface area contributed by atoms with Gasteiger partial charge in [-0.1, -0.05) is 0 Å². The van der Waals surface area contributed by atoms with Crippen LogP contribution in [-0.4, -0.2) is 76.3 Å². The van der Waals surface area contributed by atoms with Crippen molar-refractivity contribution in [1.29, 1.82) is 0 Å². The minimum Gasteiger partial charge on any atom is -0.375 e. The quantitative estimate of drug-likeness (QED) is 0.824. The van der Waals surface area contributed by atoms with E-state index in [0.29, 0.717) is 31.7 Å². The van der Waals surface area contributed by atoms with E-state index in [-0.39, 0.29) is 24.5 Å². The summed E-state index contributed by atoms with van der Waals surface area (Å²) in [5, 5.41) is 5.18. The molecule has 2 aromatic heterocycles. The summed E-state index contributed by atoms with van der Waals surface area (Å²) in [5.41, 5.74) is 1.33. The molecule has 3 rings (SSSR count). The molecule has 0 radical (unpaired) electrons. The molecule has 0 aromatic carbocycles. The first-order valence-corrected chi connectivity index (χ1v) is 8.40. The lowest BCUT2D eigenvalue weighted by atomic mass is 10.2. The van der Waals surface area contributed by atoms with Crippen molar-refractivity contribution in [2.45, 2.75) is 19.9 Å². The Balaban J connectivity index is 1.70. The number of amides is 2. The van der Waals surface area contributed by atoms with Gasteiger partial charge in [-0.15, -0.1) is 0 Å². The number of aromatic nitrogens is 3. The number of rotatable bonds is 4. The maximum absolute atomic E-state index is 12.7. The highest BCUT2D eigenvalue weighted by Gasteiger charge is 2.25. The number of methoxy groups -OCH3 is 1. The second kappa shape index (κ2) is 7.18. The summed E-state index contributed by atoms with van der Waals surface area (Å²) in [6.45, 7) is 6.22. The van der Waals surface area contributed by atoms with Gasteiger partial charge >= 0.3 is 0 Å². The van der Waals surface area contributed by atoms with Gasteiger partial charge < -0.3 is 14.5 Å². The highest BCUT2D eigenvalue weighted by atomic mass is 16.5. The number of nitrogens with zero attached hydrogens (tertiary/aromatic N) is 5. The van der Waals surface area contributed by atoms with Crippen LogP contribution in [0.5, 0.6) is 0 Å². The Morgan fingerprint density at radius 1 is 1.16 bits per heavy atom. The SMILES string of the molecule is COCC(=O)N1CCN(C(=O)c2cnc3c(cnn3C(C)C)c2)CC1. The third kappa shape index (κ3) is 3.48. The molecule has 2 aromatic rings. The van der Waals surface area contributed by atoms with Crippen LogP contribution in [0.3, 0.4) is 0 Å². The minimum absolute atomic E-state index is 0.0428. The molecule has 25 heavy (non-hydrogen) atoms. The van der Waals surface area contributed by atoms with Gasteiger partial charge in [0.25, 0.3) is 5.91 Å². The van der Waals surface area contributed by atoms with Crippen LogP contribution < -0.4 is 0 Å². The molecule has 1 aliphatic heterocycles. The van der Waals surface area contributed by atoms with Gasteiger partial charge in [0, 0.05) is 50.9 Å². The second-order valence-corrected chi connectivity index (χ2v) is 6.43. The first kappa shape index (κ1) is 17.3. The molecule has 8 heteroatoms. The fraction of sp³-hybridized carbons (Fsp3) is 0.529. The van der Waals surface area contributed by atoms with E-state index in [0.717, 1.165) is 11.0 Å². The van der Waals surface area contributed by atoms with Crippen molar-refractivity contribution in [2.24, 2.45) is 0 Å². The summed E-state index contributed by atoms with van der Waals surface area (Å²) in [5.74, 6) is -0.107. The van der Waals surface area contributed by atoms with Crippen LogP contribution in [-0.2, 0) is 9.53 Å². The van der Waals surface area contributed by atoms with E-state index in [4.69, 9.17) is 4.74 Å².